The van der Waals surface area contributed by atoms with E-state index in [4.69, 9.17) is 10.5 Å². The zero-order valence-corrected chi connectivity index (χ0v) is 11.8. The fraction of sp³-hybridized carbons (Fsp3) is 0.429. The molecule has 0 bridgehead atoms. The number of rotatable bonds is 4. The Hall–Kier alpha value is -2.12. The molecule has 1 aliphatic rings. The van der Waals surface area contributed by atoms with E-state index in [2.05, 4.69) is 15.4 Å². The minimum absolute atomic E-state index is 0.0481. The summed E-state index contributed by atoms with van der Waals surface area (Å²) in [5.74, 6) is -0.207. The molecule has 4 N–H and O–H groups in total. The van der Waals surface area contributed by atoms with E-state index in [0.29, 0.717) is 24.3 Å². The highest BCUT2D eigenvalue weighted by atomic mass is 16.5. The Bertz CT molecular complexity index is 521. The molecular weight excluding hydrogens is 274 g/mol. The van der Waals surface area contributed by atoms with Gasteiger partial charge in [0.2, 0.25) is 0 Å². The van der Waals surface area contributed by atoms with Crippen molar-refractivity contribution in [3.8, 4) is 0 Å². The number of methoxy groups -OCH3 is 1. The number of anilines is 2. The molecule has 7 nitrogen and oxygen atoms in total. The fourth-order valence-corrected chi connectivity index (χ4v) is 2.14. The maximum absolute atomic E-state index is 12.1. The SMILES string of the molecule is COC(=O)Nc1cccc(NC(=O)C2CCC(CN)O2)c1. The summed E-state index contributed by atoms with van der Waals surface area (Å²) in [5.41, 5.74) is 6.63. The van der Waals surface area contributed by atoms with Crippen molar-refractivity contribution in [3.63, 3.8) is 0 Å². The number of nitrogens with two attached hydrogens (primary N) is 1. The van der Waals surface area contributed by atoms with Crippen LogP contribution in [0.2, 0.25) is 0 Å². The summed E-state index contributed by atoms with van der Waals surface area (Å²) in [4.78, 5) is 23.2. The predicted octanol–water partition coefficient (Wildman–Crippen LogP) is 1.31. The van der Waals surface area contributed by atoms with Crippen molar-refractivity contribution in [2.75, 3.05) is 24.3 Å². The van der Waals surface area contributed by atoms with Gasteiger partial charge in [-0.1, -0.05) is 6.07 Å². The van der Waals surface area contributed by atoms with Crippen molar-refractivity contribution in [2.45, 2.75) is 25.0 Å². The number of carbonyl (C=O) groups is 2. The van der Waals surface area contributed by atoms with Crippen molar-refractivity contribution in [3.05, 3.63) is 24.3 Å². The van der Waals surface area contributed by atoms with E-state index in [0.717, 1.165) is 6.42 Å². The van der Waals surface area contributed by atoms with Crippen LogP contribution in [0.25, 0.3) is 0 Å². The zero-order chi connectivity index (χ0) is 15.2. The predicted molar refractivity (Wildman–Crippen MR) is 78.0 cm³/mol. The van der Waals surface area contributed by atoms with Crippen LogP contribution >= 0.6 is 0 Å². The first kappa shape index (κ1) is 15.3. The van der Waals surface area contributed by atoms with Crippen LogP contribution in [0.3, 0.4) is 0 Å². The fourth-order valence-electron chi connectivity index (χ4n) is 2.14. The van der Waals surface area contributed by atoms with Gasteiger partial charge in [-0.25, -0.2) is 4.79 Å². The Kier molecular flexibility index (Phi) is 5.13. The minimum Gasteiger partial charge on any atom is -0.453 e. The highest BCUT2D eigenvalue weighted by Gasteiger charge is 2.29. The van der Waals surface area contributed by atoms with Crippen molar-refractivity contribution in [1.82, 2.24) is 0 Å². The van der Waals surface area contributed by atoms with Gasteiger partial charge in [0, 0.05) is 17.9 Å². The summed E-state index contributed by atoms with van der Waals surface area (Å²) in [5, 5.41) is 5.29. The van der Waals surface area contributed by atoms with E-state index in [1.807, 2.05) is 0 Å². The Morgan fingerprint density at radius 1 is 1.33 bits per heavy atom. The number of nitrogens with one attached hydrogen (secondary N) is 2. The molecule has 0 spiro atoms. The second-order valence-electron chi connectivity index (χ2n) is 4.75. The third kappa shape index (κ3) is 4.17. The van der Waals surface area contributed by atoms with E-state index in [9.17, 15) is 9.59 Å². The molecule has 1 saturated heterocycles. The number of ether oxygens (including phenoxy) is 2. The lowest BCUT2D eigenvalue weighted by atomic mass is 10.2. The maximum atomic E-state index is 12.1. The van der Waals surface area contributed by atoms with Crippen LogP contribution in [0.1, 0.15) is 12.8 Å². The number of amides is 2. The van der Waals surface area contributed by atoms with Crippen LogP contribution < -0.4 is 16.4 Å². The largest absolute Gasteiger partial charge is 0.453 e. The molecule has 1 fully saturated rings. The lowest BCUT2D eigenvalue weighted by molar-refractivity contribution is -0.126. The van der Waals surface area contributed by atoms with Gasteiger partial charge in [-0.3, -0.25) is 10.1 Å². The van der Waals surface area contributed by atoms with Gasteiger partial charge < -0.3 is 20.5 Å². The summed E-state index contributed by atoms with van der Waals surface area (Å²) < 4.78 is 10.0. The molecule has 1 heterocycles. The van der Waals surface area contributed by atoms with Crippen LogP contribution in [0.15, 0.2) is 24.3 Å². The molecule has 21 heavy (non-hydrogen) atoms. The third-order valence-corrected chi connectivity index (χ3v) is 3.22. The van der Waals surface area contributed by atoms with Gasteiger partial charge in [-0.15, -0.1) is 0 Å². The molecule has 0 aliphatic carbocycles. The second-order valence-corrected chi connectivity index (χ2v) is 4.75. The minimum atomic E-state index is -0.566. The molecular formula is C14H19N3O4. The molecule has 7 heteroatoms. The van der Waals surface area contributed by atoms with Crippen LogP contribution in [0, 0.1) is 0 Å². The summed E-state index contributed by atoms with van der Waals surface area (Å²) >= 11 is 0. The van der Waals surface area contributed by atoms with Crippen LogP contribution in [0.5, 0.6) is 0 Å². The lowest BCUT2D eigenvalue weighted by Crippen LogP contribution is -2.29. The van der Waals surface area contributed by atoms with Gasteiger partial charge in [-0.2, -0.15) is 0 Å². The van der Waals surface area contributed by atoms with Gasteiger partial charge in [0.25, 0.3) is 5.91 Å². The van der Waals surface area contributed by atoms with Crippen LogP contribution in [-0.2, 0) is 14.3 Å². The summed E-state index contributed by atoms with van der Waals surface area (Å²) in [6.07, 6.45) is 0.360. The Labute approximate surface area is 122 Å². The van der Waals surface area contributed by atoms with Crippen LogP contribution in [-0.4, -0.2) is 37.9 Å². The number of carbonyl (C=O) groups excluding carboxylic acids is 2. The van der Waals surface area contributed by atoms with Crippen molar-refractivity contribution < 1.29 is 19.1 Å². The standard InChI is InChI=1S/C14H19N3O4/c1-20-14(19)17-10-4-2-3-9(7-10)16-13(18)12-6-5-11(8-15)21-12/h2-4,7,11-12H,5-6,8,15H2,1H3,(H,16,18)(H,17,19). The number of hydrogen-bond acceptors (Lipinski definition) is 5. The second kappa shape index (κ2) is 7.05. The van der Waals surface area contributed by atoms with Gasteiger partial charge in [0.1, 0.15) is 6.10 Å². The Morgan fingerprint density at radius 3 is 2.67 bits per heavy atom. The average Bonchev–Trinajstić information content (AvgIpc) is 2.96. The van der Waals surface area contributed by atoms with Crippen LogP contribution in [0.4, 0.5) is 16.2 Å². The van der Waals surface area contributed by atoms with Gasteiger partial charge >= 0.3 is 6.09 Å². The van der Waals surface area contributed by atoms with E-state index in [1.165, 1.54) is 7.11 Å². The highest BCUT2D eigenvalue weighted by Crippen LogP contribution is 2.21. The molecule has 0 radical (unpaired) electrons. The smallest absolute Gasteiger partial charge is 0.411 e. The first-order valence-electron chi connectivity index (χ1n) is 6.74. The summed E-state index contributed by atoms with van der Waals surface area (Å²) in [6, 6.07) is 6.79. The molecule has 114 valence electrons. The molecule has 1 aliphatic heterocycles. The Balaban J connectivity index is 1.95. The van der Waals surface area contributed by atoms with Crippen molar-refractivity contribution in [1.29, 1.82) is 0 Å². The topological polar surface area (TPSA) is 103 Å². The molecule has 2 amide bonds. The quantitative estimate of drug-likeness (QED) is 0.776. The molecule has 0 aromatic heterocycles. The Morgan fingerprint density at radius 2 is 2.05 bits per heavy atom. The monoisotopic (exact) mass is 293 g/mol. The van der Waals surface area contributed by atoms with Gasteiger partial charge in [0.15, 0.2) is 0 Å². The first-order chi connectivity index (χ1) is 10.1. The van der Waals surface area contributed by atoms with E-state index in [-0.39, 0.29) is 12.0 Å². The zero-order valence-electron chi connectivity index (χ0n) is 11.8. The molecule has 2 unspecified atom stereocenters. The number of benzene rings is 1. The first-order valence-corrected chi connectivity index (χ1v) is 6.74. The van der Waals surface area contributed by atoms with Gasteiger partial charge in [-0.05, 0) is 31.0 Å². The number of hydrogen-bond donors (Lipinski definition) is 3. The molecule has 2 rings (SSSR count). The van der Waals surface area contributed by atoms with Gasteiger partial charge in [0.05, 0.1) is 13.2 Å². The molecule has 0 saturated carbocycles. The highest BCUT2D eigenvalue weighted by molar-refractivity contribution is 5.95. The molecule has 1 aromatic rings. The third-order valence-electron chi connectivity index (χ3n) is 3.22. The van der Waals surface area contributed by atoms with Crippen molar-refractivity contribution >= 4 is 23.4 Å². The van der Waals surface area contributed by atoms with E-state index in [1.54, 1.807) is 24.3 Å². The van der Waals surface area contributed by atoms with Crippen molar-refractivity contribution in [2.24, 2.45) is 5.73 Å². The molecule has 2 atom stereocenters. The summed E-state index contributed by atoms with van der Waals surface area (Å²) in [7, 11) is 1.28. The maximum Gasteiger partial charge on any atom is 0.411 e. The average molecular weight is 293 g/mol. The van der Waals surface area contributed by atoms with E-state index >= 15 is 0 Å². The molecule has 1 aromatic carbocycles. The van der Waals surface area contributed by atoms with E-state index < -0.39 is 12.2 Å². The normalized spacial score (nSPS) is 20.9. The summed E-state index contributed by atoms with van der Waals surface area (Å²) in [6.45, 7) is 0.419. The lowest BCUT2D eigenvalue weighted by Gasteiger charge is -2.13.